The van der Waals surface area contributed by atoms with E-state index in [1.54, 1.807) is 6.92 Å². The lowest BCUT2D eigenvalue weighted by Crippen LogP contribution is -2.31. The molecule has 0 aliphatic rings. The second-order valence-corrected chi connectivity index (χ2v) is 7.55. The van der Waals surface area contributed by atoms with Gasteiger partial charge < -0.3 is 5.32 Å². The summed E-state index contributed by atoms with van der Waals surface area (Å²) < 4.78 is 49.5. The summed E-state index contributed by atoms with van der Waals surface area (Å²) in [6, 6.07) is 3.54. The van der Waals surface area contributed by atoms with Crippen LogP contribution in [-0.2, 0) is 16.3 Å². The number of benzene rings is 1. The number of rotatable bonds is 9. The topological polar surface area (TPSA) is 46.2 Å². The van der Waals surface area contributed by atoms with Crippen LogP contribution < -0.4 is 5.32 Å². The lowest BCUT2D eigenvalue weighted by molar-refractivity contribution is 0.472. The first-order valence-corrected chi connectivity index (χ1v) is 9.07. The smallest absolute Gasteiger partial charge is 0.150 e. The maximum Gasteiger partial charge on any atom is 0.150 e. The predicted octanol–water partition coefficient (Wildman–Crippen LogP) is 2.70. The average Bonchev–Trinajstić information content (AvgIpc) is 2.42. The summed E-state index contributed by atoms with van der Waals surface area (Å²) in [6.07, 6.45) is 1.60. The van der Waals surface area contributed by atoms with E-state index in [0.29, 0.717) is 31.4 Å². The fourth-order valence-electron chi connectivity index (χ4n) is 2.21. The van der Waals surface area contributed by atoms with Gasteiger partial charge in [0.05, 0.1) is 5.75 Å². The molecule has 1 aromatic rings. The fraction of sp³-hybridized carbons (Fsp3) is 0.600. The molecular formula is C15H23F2NO2S. The molecular weight excluding hydrogens is 296 g/mol. The van der Waals surface area contributed by atoms with Gasteiger partial charge in [-0.05, 0) is 37.4 Å². The van der Waals surface area contributed by atoms with Gasteiger partial charge in [0, 0.05) is 17.9 Å². The summed E-state index contributed by atoms with van der Waals surface area (Å²) in [4.78, 5) is 0. The Balaban J connectivity index is 2.61. The van der Waals surface area contributed by atoms with Crippen LogP contribution in [0, 0.1) is 11.6 Å². The molecule has 0 aliphatic heterocycles. The summed E-state index contributed by atoms with van der Waals surface area (Å²) in [5, 5.41) is 3.22. The van der Waals surface area contributed by atoms with E-state index in [1.165, 1.54) is 12.1 Å². The molecule has 1 aromatic carbocycles. The van der Waals surface area contributed by atoms with Crippen molar-refractivity contribution < 1.29 is 17.2 Å². The second-order valence-electron chi connectivity index (χ2n) is 5.07. The molecule has 1 atom stereocenters. The van der Waals surface area contributed by atoms with E-state index in [-0.39, 0.29) is 17.5 Å². The van der Waals surface area contributed by atoms with Crippen LogP contribution >= 0.6 is 0 Å². The number of likely N-dealkylation sites (N-methyl/N-ethyl adjacent to an activating group) is 1. The van der Waals surface area contributed by atoms with Crippen molar-refractivity contribution in [2.24, 2.45) is 0 Å². The molecule has 0 aliphatic carbocycles. The zero-order chi connectivity index (χ0) is 15.9. The van der Waals surface area contributed by atoms with Gasteiger partial charge in [0.15, 0.2) is 0 Å². The van der Waals surface area contributed by atoms with Crippen LogP contribution in [0.1, 0.15) is 32.3 Å². The maximum absolute atomic E-state index is 13.7. The summed E-state index contributed by atoms with van der Waals surface area (Å²) >= 11 is 0. The first-order chi connectivity index (χ1) is 9.88. The van der Waals surface area contributed by atoms with Crippen molar-refractivity contribution in [2.45, 2.75) is 39.2 Å². The third-order valence-corrected chi connectivity index (χ3v) is 5.21. The highest BCUT2D eigenvalue weighted by Crippen LogP contribution is 2.14. The summed E-state index contributed by atoms with van der Waals surface area (Å²) in [7, 11) is -2.97. The van der Waals surface area contributed by atoms with Gasteiger partial charge in [-0.25, -0.2) is 17.2 Å². The van der Waals surface area contributed by atoms with E-state index in [2.05, 4.69) is 5.32 Å². The molecule has 1 N–H and O–H groups in total. The van der Waals surface area contributed by atoms with Crippen molar-refractivity contribution in [2.75, 3.05) is 18.1 Å². The van der Waals surface area contributed by atoms with Crippen molar-refractivity contribution >= 4 is 9.84 Å². The van der Waals surface area contributed by atoms with Crippen LogP contribution in [0.3, 0.4) is 0 Å². The summed E-state index contributed by atoms with van der Waals surface area (Å²) in [5.74, 6) is -0.854. The minimum absolute atomic E-state index is 0.0120. The minimum Gasteiger partial charge on any atom is -0.314 e. The van der Waals surface area contributed by atoms with E-state index < -0.39 is 21.5 Å². The molecule has 0 saturated heterocycles. The molecule has 0 bridgehead atoms. The number of halogens is 2. The molecule has 6 heteroatoms. The Morgan fingerprint density at radius 2 is 1.95 bits per heavy atom. The fourth-order valence-corrected chi connectivity index (χ4v) is 3.11. The highest BCUT2D eigenvalue weighted by atomic mass is 32.2. The third-order valence-electron chi connectivity index (χ3n) is 3.42. The predicted molar refractivity (Wildman–Crippen MR) is 81.1 cm³/mol. The Hall–Kier alpha value is -1.01. The van der Waals surface area contributed by atoms with Crippen LogP contribution in [0.15, 0.2) is 18.2 Å². The van der Waals surface area contributed by atoms with Crippen LogP contribution in [0.5, 0.6) is 0 Å². The highest BCUT2D eigenvalue weighted by Gasteiger charge is 2.14. The van der Waals surface area contributed by atoms with Crippen molar-refractivity contribution in [1.29, 1.82) is 0 Å². The zero-order valence-electron chi connectivity index (χ0n) is 12.5. The highest BCUT2D eigenvalue weighted by molar-refractivity contribution is 7.91. The molecule has 21 heavy (non-hydrogen) atoms. The lowest BCUT2D eigenvalue weighted by Gasteiger charge is -2.18. The standard InChI is InChI=1S/C15H23F2NO2S/c1-3-18-14(6-5-9-21(19,20)4-2)10-12-7-8-13(16)11-15(12)17/h7-8,11,14,18H,3-6,9-10H2,1-2H3. The molecule has 1 rings (SSSR count). The molecule has 0 fully saturated rings. The van der Waals surface area contributed by atoms with Crippen molar-refractivity contribution in [3.63, 3.8) is 0 Å². The first-order valence-electron chi connectivity index (χ1n) is 7.25. The Kier molecular flexibility index (Phi) is 7.25. The number of nitrogens with one attached hydrogen (secondary N) is 1. The van der Waals surface area contributed by atoms with Crippen molar-refractivity contribution in [1.82, 2.24) is 5.32 Å². The minimum atomic E-state index is -2.97. The molecule has 0 spiro atoms. The van der Waals surface area contributed by atoms with Crippen LogP contribution in [0.4, 0.5) is 8.78 Å². The first kappa shape index (κ1) is 18.0. The SMILES string of the molecule is CCNC(CCCS(=O)(=O)CC)Cc1ccc(F)cc1F. The largest absolute Gasteiger partial charge is 0.314 e. The normalized spacial score (nSPS) is 13.3. The molecule has 0 amide bonds. The Morgan fingerprint density at radius 3 is 2.52 bits per heavy atom. The van der Waals surface area contributed by atoms with E-state index in [0.717, 1.165) is 6.07 Å². The number of hydrogen-bond acceptors (Lipinski definition) is 3. The van der Waals surface area contributed by atoms with E-state index >= 15 is 0 Å². The van der Waals surface area contributed by atoms with E-state index in [9.17, 15) is 17.2 Å². The molecule has 120 valence electrons. The van der Waals surface area contributed by atoms with E-state index in [4.69, 9.17) is 0 Å². The summed E-state index contributed by atoms with van der Waals surface area (Å²) in [5.41, 5.74) is 0.445. The molecule has 1 unspecified atom stereocenters. The van der Waals surface area contributed by atoms with Crippen LogP contribution in [-0.4, -0.2) is 32.5 Å². The molecule has 0 aromatic heterocycles. The zero-order valence-corrected chi connectivity index (χ0v) is 13.3. The molecule has 0 heterocycles. The Morgan fingerprint density at radius 1 is 1.24 bits per heavy atom. The van der Waals surface area contributed by atoms with Gasteiger partial charge in [0.1, 0.15) is 21.5 Å². The Bertz CT molecular complexity index is 547. The quantitative estimate of drug-likeness (QED) is 0.761. The molecule has 0 radical (unpaired) electrons. The van der Waals surface area contributed by atoms with Gasteiger partial charge in [0.2, 0.25) is 0 Å². The maximum atomic E-state index is 13.7. The Labute approximate surface area is 125 Å². The van der Waals surface area contributed by atoms with Crippen LogP contribution in [0.2, 0.25) is 0 Å². The third kappa shape index (κ3) is 6.52. The van der Waals surface area contributed by atoms with Crippen molar-refractivity contribution in [3.05, 3.63) is 35.4 Å². The van der Waals surface area contributed by atoms with Gasteiger partial charge in [-0.3, -0.25) is 0 Å². The van der Waals surface area contributed by atoms with Gasteiger partial charge in [-0.15, -0.1) is 0 Å². The lowest BCUT2D eigenvalue weighted by atomic mass is 10.0. The molecule has 0 saturated carbocycles. The van der Waals surface area contributed by atoms with E-state index in [1.807, 2.05) is 6.92 Å². The summed E-state index contributed by atoms with van der Waals surface area (Å²) in [6.45, 7) is 4.29. The molecule has 3 nitrogen and oxygen atoms in total. The van der Waals surface area contributed by atoms with Gasteiger partial charge in [-0.2, -0.15) is 0 Å². The van der Waals surface area contributed by atoms with Gasteiger partial charge in [-0.1, -0.05) is 19.9 Å². The monoisotopic (exact) mass is 319 g/mol. The van der Waals surface area contributed by atoms with Crippen molar-refractivity contribution in [3.8, 4) is 0 Å². The van der Waals surface area contributed by atoms with Gasteiger partial charge in [0.25, 0.3) is 0 Å². The van der Waals surface area contributed by atoms with Crippen LogP contribution in [0.25, 0.3) is 0 Å². The number of sulfone groups is 1. The second kappa shape index (κ2) is 8.44. The van der Waals surface area contributed by atoms with Gasteiger partial charge >= 0.3 is 0 Å². The number of hydrogen-bond donors (Lipinski definition) is 1. The average molecular weight is 319 g/mol.